The van der Waals surface area contributed by atoms with Gasteiger partial charge in [0.05, 0.1) is 12.4 Å². The van der Waals surface area contributed by atoms with Gasteiger partial charge < -0.3 is 4.90 Å². The molecule has 0 aromatic carbocycles. The third-order valence-electron chi connectivity index (χ3n) is 2.07. The number of aromatic nitrogens is 2. The lowest BCUT2D eigenvalue weighted by Crippen LogP contribution is -2.23. The quantitative estimate of drug-likeness (QED) is 0.761. The van der Waals surface area contributed by atoms with Crippen LogP contribution in [0.2, 0.25) is 0 Å². The third kappa shape index (κ3) is 2.89. The van der Waals surface area contributed by atoms with Crippen molar-refractivity contribution in [2.24, 2.45) is 0 Å². The molecule has 6 heteroatoms. The summed E-state index contributed by atoms with van der Waals surface area (Å²) < 4.78 is 22.5. The first kappa shape index (κ1) is 11.9. The fraction of sp³-hybridized carbons (Fsp3) is 0.556. The Labute approximate surface area is 90.1 Å². The Hall–Kier alpha value is -1.17. The summed E-state index contributed by atoms with van der Waals surface area (Å²) in [5.74, 6) is 0.600. The number of nitrogens with zero attached hydrogens (tertiary/aromatic N) is 3. The molecule has 0 saturated heterocycles. The molecule has 15 heavy (non-hydrogen) atoms. The molecule has 0 spiro atoms. The molecule has 1 aromatic rings. The minimum absolute atomic E-state index is 0.0203. The molecule has 0 unspecified atom stereocenters. The van der Waals surface area contributed by atoms with Crippen LogP contribution in [0.4, 0.5) is 5.82 Å². The summed E-state index contributed by atoms with van der Waals surface area (Å²) in [6, 6.07) is 0. The SMILES string of the molecule is CCN(CC)c1cncc(S(C)(=O)=O)n1. The summed E-state index contributed by atoms with van der Waals surface area (Å²) in [5.41, 5.74) is 0. The molecular weight excluding hydrogens is 214 g/mol. The van der Waals surface area contributed by atoms with Crippen molar-refractivity contribution in [2.75, 3.05) is 24.2 Å². The second kappa shape index (κ2) is 4.57. The molecule has 0 N–H and O–H groups in total. The second-order valence-electron chi connectivity index (χ2n) is 3.16. The maximum absolute atomic E-state index is 11.3. The highest BCUT2D eigenvalue weighted by molar-refractivity contribution is 7.90. The number of hydrogen-bond donors (Lipinski definition) is 0. The lowest BCUT2D eigenvalue weighted by Gasteiger charge is -2.19. The zero-order valence-corrected chi connectivity index (χ0v) is 9.95. The Morgan fingerprint density at radius 1 is 1.27 bits per heavy atom. The summed E-state index contributed by atoms with van der Waals surface area (Å²) >= 11 is 0. The maximum atomic E-state index is 11.3. The van der Waals surface area contributed by atoms with E-state index in [4.69, 9.17) is 0 Å². The molecule has 0 atom stereocenters. The summed E-state index contributed by atoms with van der Waals surface area (Å²) in [7, 11) is -3.28. The zero-order valence-electron chi connectivity index (χ0n) is 9.14. The Balaban J connectivity index is 3.13. The van der Waals surface area contributed by atoms with Crippen LogP contribution in [-0.4, -0.2) is 37.7 Å². The number of anilines is 1. The number of rotatable bonds is 4. The molecule has 0 aliphatic rings. The molecule has 0 fully saturated rings. The van der Waals surface area contributed by atoms with Crippen LogP contribution in [0, 0.1) is 0 Å². The minimum Gasteiger partial charge on any atom is -0.356 e. The minimum atomic E-state index is -3.28. The van der Waals surface area contributed by atoms with Crippen molar-refractivity contribution in [3.8, 4) is 0 Å². The summed E-state index contributed by atoms with van der Waals surface area (Å²) in [4.78, 5) is 9.89. The predicted molar refractivity (Wildman–Crippen MR) is 58.7 cm³/mol. The number of hydrogen-bond acceptors (Lipinski definition) is 5. The normalized spacial score (nSPS) is 11.4. The van der Waals surface area contributed by atoms with Gasteiger partial charge in [0.25, 0.3) is 0 Å². The summed E-state index contributed by atoms with van der Waals surface area (Å²) in [5, 5.41) is 0.0203. The maximum Gasteiger partial charge on any atom is 0.194 e. The van der Waals surface area contributed by atoms with Gasteiger partial charge in [-0.05, 0) is 13.8 Å². The van der Waals surface area contributed by atoms with Gasteiger partial charge in [-0.2, -0.15) is 0 Å². The van der Waals surface area contributed by atoms with Crippen molar-refractivity contribution in [1.29, 1.82) is 0 Å². The van der Waals surface area contributed by atoms with Crippen molar-refractivity contribution in [3.05, 3.63) is 12.4 Å². The van der Waals surface area contributed by atoms with E-state index in [2.05, 4.69) is 9.97 Å². The molecule has 0 saturated carbocycles. The molecule has 1 aromatic heterocycles. The lowest BCUT2D eigenvalue weighted by atomic mass is 10.5. The van der Waals surface area contributed by atoms with E-state index < -0.39 is 9.84 Å². The van der Waals surface area contributed by atoms with Crippen LogP contribution in [0.15, 0.2) is 17.4 Å². The van der Waals surface area contributed by atoms with Crippen LogP contribution in [0.3, 0.4) is 0 Å². The average molecular weight is 229 g/mol. The predicted octanol–water partition coefficient (Wildman–Crippen LogP) is 0.726. The van der Waals surface area contributed by atoms with Gasteiger partial charge in [-0.3, -0.25) is 4.98 Å². The van der Waals surface area contributed by atoms with E-state index in [-0.39, 0.29) is 5.03 Å². The third-order valence-corrected chi connectivity index (χ3v) is 3.02. The smallest absolute Gasteiger partial charge is 0.194 e. The van der Waals surface area contributed by atoms with Gasteiger partial charge in [0.1, 0.15) is 5.82 Å². The molecule has 0 aliphatic heterocycles. The Morgan fingerprint density at radius 2 is 1.87 bits per heavy atom. The van der Waals surface area contributed by atoms with Crippen molar-refractivity contribution in [1.82, 2.24) is 9.97 Å². The fourth-order valence-electron chi connectivity index (χ4n) is 1.22. The van der Waals surface area contributed by atoms with Gasteiger partial charge in [-0.25, -0.2) is 13.4 Å². The summed E-state index contributed by atoms with van der Waals surface area (Å²) in [6.45, 7) is 5.52. The van der Waals surface area contributed by atoms with Crippen LogP contribution >= 0.6 is 0 Å². The van der Waals surface area contributed by atoms with Crippen LogP contribution in [0.5, 0.6) is 0 Å². The van der Waals surface area contributed by atoms with Gasteiger partial charge >= 0.3 is 0 Å². The second-order valence-corrected chi connectivity index (χ2v) is 5.12. The fourth-order valence-corrected chi connectivity index (χ4v) is 1.73. The van der Waals surface area contributed by atoms with E-state index in [0.717, 1.165) is 19.3 Å². The van der Waals surface area contributed by atoms with Crippen molar-refractivity contribution in [2.45, 2.75) is 18.9 Å². The Bertz CT molecular complexity index is 427. The van der Waals surface area contributed by atoms with Crippen LogP contribution < -0.4 is 4.90 Å². The lowest BCUT2D eigenvalue weighted by molar-refractivity contribution is 0.597. The van der Waals surface area contributed by atoms with E-state index in [1.807, 2.05) is 18.7 Å². The van der Waals surface area contributed by atoms with Crippen LogP contribution in [-0.2, 0) is 9.84 Å². The van der Waals surface area contributed by atoms with Crippen LogP contribution in [0.25, 0.3) is 0 Å². The molecule has 0 radical (unpaired) electrons. The standard InChI is InChI=1S/C9H15N3O2S/c1-4-12(5-2)8-6-10-7-9(11-8)15(3,13)14/h6-7H,4-5H2,1-3H3. The molecule has 84 valence electrons. The molecular formula is C9H15N3O2S. The van der Waals surface area contributed by atoms with Crippen molar-refractivity contribution >= 4 is 15.7 Å². The Morgan fingerprint density at radius 3 is 2.33 bits per heavy atom. The molecule has 0 aliphatic carbocycles. The molecule has 0 bridgehead atoms. The van der Waals surface area contributed by atoms with Crippen molar-refractivity contribution in [3.63, 3.8) is 0 Å². The van der Waals surface area contributed by atoms with E-state index in [0.29, 0.717) is 5.82 Å². The van der Waals surface area contributed by atoms with Gasteiger partial charge in [0.2, 0.25) is 0 Å². The van der Waals surface area contributed by atoms with Gasteiger partial charge in [-0.1, -0.05) is 0 Å². The average Bonchev–Trinajstić information content (AvgIpc) is 2.19. The first-order chi connectivity index (χ1) is 6.99. The number of sulfone groups is 1. The van der Waals surface area contributed by atoms with Gasteiger partial charge in [0.15, 0.2) is 14.9 Å². The van der Waals surface area contributed by atoms with Gasteiger partial charge in [-0.15, -0.1) is 0 Å². The monoisotopic (exact) mass is 229 g/mol. The highest BCUT2D eigenvalue weighted by Crippen LogP contribution is 2.11. The van der Waals surface area contributed by atoms with E-state index in [1.165, 1.54) is 6.20 Å². The molecule has 1 heterocycles. The van der Waals surface area contributed by atoms with Gasteiger partial charge in [0, 0.05) is 19.3 Å². The summed E-state index contributed by atoms with van der Waals surface area (Å²) in [6.07, 6.45) is 3.97. The first-order valence-corrected chi connectivity index (χ1v) is 6.65. The van der Waals surface area contributed by atoms with Crippen LogP contribution in [0.1, 0.15) is 13.8 Å². The zero-order chi connectivity index (χ0) is 11.5. The van der Waals surface area contributed by atoms with Crippen molar-refractivity contribution < 1.29 is 8.42 Å². The van der Waals surface area contributed by atoms with E-state index in [1.54, 1.807) is 6.20 Å². The van der Waals surface area contributed by atoms with E-state index >= 15 is 0 Å². The molecule has 0 amide bonds. The highest BCUT2D eigenvalue weighted by Gasteiger charge is 2.12. The molecule has 1 rings (SSSR count). The van der Waals surface area contributed by atoms with E-state index in [9.17, 15) is 8.42 Å². The Kier molecular flexibility index (Phi) is 3.62. The highest BCUT2D eigenvalue weighted by atomic mass is 32.2. The topological polar surface area (TPSA) is 63.2 Å². The molecule has 5 nitrogen and oxygen atoms in total. The first-order valence-electron chi connectivity index (χ1n) is 4.76. The largest absolute Gasteiger partial charge is 0.356 e.